The molecular formula is C16H22O2. The predicted octanol–water partition coefficient (Wildman–Crippen LogP) is 3.45. The van der Waals surface area contributed by atoms with Gasteiger partial charge in [-0.3, -0.25) is 9.59 Å². The Morgan fingerprint density at radius 1 is 0.944 bits per heavy atom. The average molecular weight is 246 g/mol. The van der Waals surface area contributed by atoms with Gasteiger partial charge in [-0.25, -0.2) is 0 Å². The Hall–Kier alpha value is -0.920. The standard InChI is InChI=1S/C16H22O2/c1-10-15(11-2-4-13(17)8-11)6-3-12-9-14(18)5-7-16(10)12/h10-11,15H,2-9H2,1H3. The zero-order valence-corrected chi connectivity index (χ0v) is 11.2. The van der Waals surface area contributed by atoms with Gasteiger partial charge >= 0.3 is 0 Å². The van der Waals surface area contributed by atoms with E-state index < -0.39 is 0 Å². The lowest BCUT2D eigenvalue weighted by Crippen LogP contribution is -2.29. The van der Waals surface area contributed by atoms with E-state index in [0.29, 0.717) is 29.3 Å². The van der Waals surface area contributed by atoms with E-state index in [1.165, 1.54) is 12.0 Å². The molecule has 2 nitrogen and oxygen atoms in total. The van der Waals surface area contributed by atoms with Crippen LogP contribution in [0, 0.1) is 17.8 Å². The molecule has 18 heavy (non-hydrogen) atoms. The Balaban J connectivity index is 1.77. The normalized spacial score (nSPS) is 37.1. The smallest absolute Gasteiger partial charge is 0.137 e. The highest BCUT2D eigenvalue weighted by Gasteiger charge is 2.38. The summed E-state index contributed by atoms with van der Waals surface area (Å²) in [4.78, 5) is 23.0. The molecule has 2 heteroatoms. The molecule has 0 aliphatic heterocycles. The third-order valence-corrected chi connectivity index (χ3v) is 5.40. The minimum atomic E-state index is 0.426. The fourth-order valence-electron chi connectivity index (χ4n) is 4.39. The van der Waals surface area contributed by atoms with Crippen LogP contribution in [0.2, 0.25) is 0 Å². The molecule has 0 bridgehead atoms. The first-order chi connectivity index (χ1) is 8.65. The van der Waals surface area contributed by atoms with Gasteiger partial charge in [0.2, 0.25) is 0 Å². The molecule has 0 radical (unpaired) electrons. The molecule has 0 aromatic carbocycles. The lowest BCUT2D eigenvalue weighted by atomic mass is 9.66. The van der Waals surface area contributed by atoms with Crippen molar-refractivity contribution < 1.29 is 9.59 Å². The summed E-state index contributed by atoms with van der Waals surface area (Å²) in [5.41, 5.74) is 3.02. The molecular weight excluding hydrogens is 224 g/mol. The van der Waals surface area contributed by atoms with Crippen LogP contribution < -0.4 is 0 Å². The van der Waals surface area contributed by atoms with Crippen LogP contribution in [-0.2, 0) is 9.59 Å². The van der Waals surface area contributed by atoms with E-state index in [-0.39, 0.29) is 0 Å². The Morgan fingerprint density at radius 3 is 2.50 bits per heavy atom. The molecule has 3 aliphatic carbocycles. The molecule has 3 aliphatic rings. The van der Waals surface area contributed by atoms with Gasteiger partial charge in [-0.1, -0.05) is 18.1 Å². The maximum absolute atomic E-state index is 11.5. The number of carbonyl (C=O) groups is 2. The highest BCUT2D eigenvalue weighted by atomic mass is 16.1. The molecule has 0 aromatic rings. The second-order valence-electron chi connectivity index (χ2n) is 6.38. The Bertz CT molecular complexity index is 419. The van der Waals surface area contributed by atoms with Gasteiger partial charge in [-0.2, -0.15) is 0 Å². The van der Waals surface area contributed by atoms with Crippen molar-refractivity contribution in [3.8, 4) is 0 Å². The van der Waals surface area contributed by atoms with Gasteiger partial charge in [0.15, 0.2) is 0 Å². The van der Waals surface area contributed by atoms with Crippen LogP contribution in [0.25, 0.3) is 0 Å². The van der Waals surface area contributed by atoms with Crippen molar-refractivity contribution in [2.75, 3.05) is 0 Å². The first-order valence-electron chi connectivity index (χ1n) is 7.39. The predicted molar refractivity (Wildman–Crippen MR) is 70.1 cm³/mol. The topological polar surface area (TPSA) is 34.1 Å². The molecule has 0 saturated heterocycles. The summed E-state index contributed by atoms with van der Waals surface area (Å²) in [6, 6.07) is 0. The summed E-state index contributed by atoms with van der Waals surface area (Å²) in [5, 5.41) is 0. The lowest BCUT2D eigenvalue weighted by molar-refractivity contribution is -0.119. The van der Waals surface area contributed by atoms with E-state index in [1.54, 1.807) is 5.57 Å². The second kappa shape index (κ2) is 4.64. The molecule has 1 fully saturated rings. The van der Waals surface area contributed by atoms with Crippen molar-refractivity contribution in [3.63, 3.8) is 0 Å². The number of hydrogen-bond acceptors (Lipinski definition) is 2. The first-order valence-corrected chi connectivity index (χ1v) is 7.39. The van der Waals surface area contributed by atoms with Crippen molar-refractivity contribution in [1.82, 2.24) is 0 Å². The molecule has 0 amide bonds. The van der Waals surface area contributed by atoms with Crippen LogP contribution in [0.5, 0.6) is 0 Å². The molecule has 3 unspecified atom stereocenters. The Kier molecular flexibility index (Phi) is 3.13. The summed E-state index contributed by atoms with van der Waals surface area (Å²) < 4.78 is 0. The molecule has 3 atom stereocenters. The maximum atomic E-state index is 11.5. The van der Waals surface area contributed by atoms with E-state index in [2.05, 4.69) is 6.92 Å². The Morgan fingerprint density at radius 2 is 1.78 bits per heavy atom. The molecule has 1 saturated carbocycles. The monoisotopic (exact) mass is 246 g/mol. The van der Waals surface area contributed by atoms with Crippen molar-refractivity contribution in [2.45, 2.75) is 58.3 Å². The zero-order chi connectivity index (χ0) is 12.7. The highest BCUT2D eigenvalue weighted by Crippen LogP contribution is 2.46. The van der Waals surface area contributed by atoms with Crippen LogP contribution in [-0.4, -0.2) is 11.6 Å². The van der Waals surface area contributed by atoms with Gasteiger partial charge in [0.05, 0.1) is 0 Å². The summed E-state index contributed by atoms with van der Waals surface area (Å²) in [7, 11) is 0. The summed E-state index contributed by atoms with van der Waals surface area (Å²) in [5.74, 6) is 2.82. The van der Waals surface area contributed by atoms with Gasteiger partial charge in [-0.15, -0.1) is 0 Å². The molecule has 0 heterocycles. The summed E-state index contributed by atoms with van der Waals surface area (Å²) >= 11 is 0. The number of hydrogen-bond donors (Lipinski definition) is 0. The molecule has 0 N–H and O–H groups in total. The number of rotatable bonds is 1. The average Bonchev–Trinajstić information content (AvgIpc) is 2.76. The van der Waals surface area contributed by atoms with Crippen LogP contribution in [0.15, 0.2) is 11.1 Å². The van der Waals surface area contributed by atoms with Crippen LogP contribution in [0.1, 0.15) is 58.3 Å². The molecule has 0 aromatic heterocycles. The zero-order valence-electron chi connectivity index (χ0n) is 11.2. The van der Waals surface area contributed by atoms with Gasteiger partial charge < -0.3 is 0 Å². The van der Waals surface area contributed by atoms with E-state index in [0.717, 1.165) is 44.9 Å². The maximum Gasteiger partial charge on any atom is 0.137 e. The number of Topliss-reactive ketones (excluding diaryl/α,β-unsaturated/α-hetero) is 2. The van der Waals surface area contributed by atoms with Gasteiger partial charge in [-0.05, 0) is 43.4 Å². The molecule has 98 valence electrons. The van der Waals surface area contributed by atoms with Crippen LogP contribution >= 0.6 is 0 Å². The van der Waals surface area contributed by atoms with Crippen LogP contribution in [0.3, 0.4) is 0 Å². The summed E-state index contributed by atoms with van der Waals surface area (Å²) in [6.45, 7) is 2.33. The SMILES string of the molecule is CC1C2=C(CCC1C1CCC(=O)C1)CC(=O)CC2. The highest BCUT2D eigenvalue weighted by molar-refractivity contribution is 5.83. The van der Waals surface area contributed by atoms with Crippen molar-refractivity contribution in [2.24, 2.45) is 17.8 Å². The first kappa shape index (κ1) is 12.1. The number of carbonyl (C=O) groups excluding carboxylic acids is 2. The third kappa shape index (κ3) is 2.06. The van der Waals surface area contributed by atoms with Crippen LogP contribution in [0.4, 0.5) is 0 Å². The summed E-state index contributed by atoms with van der Waals surface area (Å²) in [6.07, 6.45) is 7.50. The fourth-order valence-corrected chi connectivity index (χ4v) is 4.39. The second-order valence-corrected chi connectivity index (χ2v) is 6.38. The van der Waals surface area contributed by atoms with Crippen molar-refractivity contribution in [1.29, 1.82) is 0 Å². The Labute approximate surface area is 109 Å². The lowest BCUT2D eigenvalue weighted by Gasteiger charge is -2.38. The van der Waals surface area contributed by atoms with Crippen molar-refractivity contribution in [3.05, 3.63) is 11.1 Å². The number of ketones is 2. The fraction of sp³-hybridized carbons (Fsp3) is 0.750. The van der Waals surface area contributed by atoms with Gasteiger partial charge in [0.25, 0.3) is 0 Å². The van der Waals surface area contributed by atoms with E-state index in [9.17, 15) is 9.59 Å². The minimum Gasteiger partial charge on any atom is -0.300 e. The largest absolute Gasteiger partial charge is 0.300 e. The minimum absolute atomic E-state index is 0.426. The molecule has 3 rings (SSSR count). The number of allylic oxidation sites excluding steroid dienone is 2. The van der Waals surface area contributed by atoms with E-state index in [1.807, 2.05) is 0 Å². The van der Waals surface area contributed by atoms with Gasteiger partial charge in [0, 0.05) is 25.7 Å². The quantitative estimate of drug-likeness (QED) is 0.664. The molecule has 0 spiro atoms. The van der Waals surface area contributed by atoms with Gasteiger partial charge in [0.1, 0.15) is 11.6 Å². The third-order valence-electron chi connectivity index (χ3n) is 5.40. The van der Waals surface area contributed by atoms with Crippen molar-refractivity contribution >= 4 is 11.6 Å². The van der Waals surface area contributed by atoms with E-state index >= 15 is 0 Å². The van der Waals surface area contributed by atoms with E-state index in [4.69, 9.17) is 0 Å².